The molecule has 0 radical (unpaired) electrons. The average Bonchev–Trinajstić information content (AvgIpc) is 3.27. The molecule has 3 aromatic carbocycles. The maximum Gasteiger partial charge on any atom is 0.165 e. The van der Waals surface area contributed by atoms with Gasteiger partial charge >= 0.3 is 0 Å². The van der Waals surface area contributed by atoms with Crippen LogP contribution in [0.15, 0.2) is 78.9 Å². The van der Waals surface area contributed by atoms with Gasteiger partial charge in [-0.05, 0) is 42.7 Å². The molecule has 1 aliphatic heterocycles. The minimum Gasteiger partial charge on any atom is -0.354 e. The lowest BCUT2D eigenvalue weighted by atomic mass is 10.0. The molecule has 0 unspecified atom stereocenters. The van der Waals surface area contributed by atoms with Crippen LogP contribution >= 0.6 is 23.2 Å². The molecule has 1 saturated heterocycles. The summed E-state index contributed by atoms with van der Waals surface area (Å²) in [4.78, 5) is 10.1. The van der Waals surface area contributed by atoms with E-state index in [-0.39, 0.29) is 0 Å². The largest absolute Gasteiger partial charge is 0.354 e. The molecule has 3 heterocycles. The van der Waals surface area contributed by atoms with Gasteiger partial charge in [0.05, 0.1) is 15.7 Å². The summed E-state index contributed by atoms with van der Waals surface area (Å²) < 4.78 is 2.09. The third kappa shape index (κ3) is 5.27. The van der Waals surface area contributed by atoms with Crippen molar-refractivity contribution in [2.75, 3.05) is 31.1 Å². The Kier molecular flexibility index (Phi) is 7.30. The van der Waals surface area contributed by atoms with Crippen molar-refractivity contribution in [3.8, 4) is 11.1 Å². The Hall–Kier alpha value is -3.38. The van der Waals surface area contributed by atoms with Crippen LogP contribution in [0.3, 0.4) is 0 Å². The molecule has 5 aromatic rings. The molecule has 2 aromatic heterocycles. The van der Waals surface area contributed by atoms with E-state index in [1.165, 1.54) is 16.7 Å². The summed E-state index contributed by atoms with van der Waals surface area (Å²) in [6.45, 7) is 8.77. The Morgan fingerprint density at radius 2 is 1.44 bits per heavy atom. The molecule has 5 nitrogen and oxygen atoms in total. The van der Waals surface area contributed by atoms with E-state index in [1.807, 2.05) is 18.2 Å². The Labute approximate surface area is 239 Å². The van der Waals surface area contributed by atoms with Gasteiger partial charge in [-0.25, -0.2) is 4.98 Å². The number of benzene rings is 3. The predicted molar refractivity (Wildman–Crippen MR) is 161 cm³/mol. The lowest BCUT2D eigenvalue weighted by Crippen LogP contribution is -2.47. The number of piperazine rings is 1. The molecule has 0 amide bonds. The molecule has 0 bridgehead atoms. The van der Waals surface area contributed by atoms with Crippen molar-refractivity contribution >= 4 is 34.7 Å². The SMILES string of the molecule is Cc1nc2c(-c3ccccc3)c(C)nn2c(N2CCN(Cc3ccc(Cl)c(Cl)c3)CC2)c1Cc1ccccc1. The van der Waals surface area contributed by atoms with E-state index < -0.39 is 0 Å². The van der Waals surface area contributed by atoms with Crippen LogP contribution in [0, 0.1) is 13.8 Å². The first kappa shape index (κ1) is 25.9. The van der Waals surface area contributed by atoms with Gasteiger partial charge < -0.3 is 4.90 Å². The fraction of sp³-hybridized carbons (Fsp3) is 0.250. The van der Waals surface area contributed by atoms with Crippen LogP contribution in [0.4, 0.5) is 5.82 Å². The first-order chi connectivity index (χ1) is 19.0. The summed E-state index contributed by atoms with van der Waals surface area (Å²) in [6, 6.07) is 27.0. The van der Waals surface area contributed by atoms with Gasteiger partial charge in [0.25, 0.3) is 0 Å². The maximum atomic E-state index is 6.27. The number of anilines is 1. The van der Waals surface area contributed by atoms with E-state index in [2.05, 4.69) is 88.8 Å². The summed E-state index contributed by atoms with van der Waals surface area (Å²) >= 11 is 12.4. The lowest BCUT2D eigenvalue weighted by molar-refractivity contribution is 0.249. The second kappa shape index (κ2) is 11.0. The van der Waals surface area contributed by atoms with E-state index in [0.717, 1.165) is 73.1 Å². The first-order valence-electron chi connectivity index (χ1n) is 13.4. The lowest BCUT2D eigenvalue weighted by Gasteiger charge is -2.37. The number of aryl methyl sites for hydroxylation is 2. The molecule has 39 heavy (non-hydrogen) atoms. The van der Waals surface area contributed by atoms with Crippen LogP contribution in [-0.4, -0.2) is 45.7 Å². The Morgan fingerprint density at radius 3 is 2.13 bits per heavy atom. The van der Waals surface area contributed by atoms with E-state index in [0.29, 0.717) is 10.0 Å². The zero-order valence-corrected chi connectivity index (χ0v) is 23.8. The minimum atomic E-state index is 0.595. The fourth-order valence-corrected chi connectivity index (χ4v) is 5.89. The molecule has 1 aliphatic rings. The van der Waals surface area contributed by atoms with Crippen LogP contribution in [-0.2, 0) is 13.0 Å². The number of rotatable bonds is 6. The number of aromatic nitrogens is 3. The zero-order chi connectivity index (χ0) is 26.9. The summed E-state index contributed by atoms with van der Waals surface area (Å²) in [7, 11) is 0. The highest BCUT2D eigenvalue weighted by molar-refractivity contribution is 6.42. The maximum absolute atomic E-state index is 6.27. The fourth-order valence-electron chi connectivity index (χ4n) is 5.57. The third-order valence-electron chi connectivity index (χ3n) is 7.57. The van der Waals surface area contributed by atoms with Gasteiger partial charge in [-0.2, -0.15) is 9.61 Å². The second-order valence-electron chi connectivity index (χ2n) is 10.2. The van der Waals surface area contributed by atoms with Crippen molar-refractivity contribution < 1.29 is 0 Å². The summed E-state index contributed by atoms with van der Waals surface area (Å²) in [5.74, 6) is 1.15. The van der Waals surface area contributed by atoms with Gasteiger partial charge in [-0.3, -0.25) is 4.90 Å². The quantitative estimate of drug-likeness (QED) is 0.221. The summed E-state index contributed by atoms with van der Waals surface area (Å²) in [6.07, 6.45) is 0.814. The number of fused-ring (bicyclic) bond motifs is 1. The van der Waals surface area contributed by atoms with Crippen LogP contribution in [0.2, 0.25) is 10.0 Å². The average molecular weight is 557 g/mol. The third-order valence-corrected chi connectivity index (χ3v) is 8.30. The molecule has 7 heteroatoms. The van der Waals surface area contributed by atoms with E-state index in [4.69, 9.17) is 33.3 Å². The van der Waals surface area contributed by atoms with Crippen molar-refractivity contribution in [1.29, 1.82) is 0 Å². The van der Waals surface area contributed by atoms with Gasteiger partial charge in [0.1, 0.15) is 5.82 Å². The van der Waals surface area contributed by atoms with Crippen molar-refractivity contribution in [3.05, 3.63) is 117 Å². The number of hydrogen-bond acceptors (Lipinski definition) is 4. The molecule has 0 saturated carbocycles. The topological polar surface area (TPSA) is 36.7 Å². The van der Waals surface area contributed by atoms with Crippen molar-refractivity contribution in [2.24, 2.45) is 0 Å². The van der Waals surface area contributed by atoms with E-state index in [1.54, 1.807) is 0 Å². The summed E-state index contributed by atoms with van der Waals surface area (Å²) in [5.41, 5.74) is 8.89. The smallest absolute Gasteiger partial charge is 0.165 e. The van der Waals surface area contributed by atoms with Gasteiger partial charge in [-0.15, -0.1) is 0 Å². The normalized spacial score (nSPS) is 14.3. The Balaban J connectivity index is 1.37. The molecular weight excluding hydrogens is 525 g/mol. The van der Waals surface area contributed by atoms with Crippen molar-refractivity contribution in [2.45, 2.75) is 26.8 Å². The predicted octanol–water partition coefficient (Wildman–Crippen LogP) is 7.23. The van der Waals surface area contributed by atoms with Crippen molar-refractivity contribution in [3.63, 3.8) is 0 Å². The number of nitrogens with zero attached hydrogens (tertiary/aromatic N) is 5. The number of halogens is 2. The van der Waals surface area contributed by atoms with E-state index in [9.17, 15) is 0 Å². The van der Waals surface area contributed by atoms with Crippen molar-refractivity contribution in [1.82, 2.24) is 19.5 Å². The molecule has 0 aliphatic carbocycles. The molecule has 1 fully saturated rings. The minimum absolute atomic E-state index is 0.595. The van der Waals surface area contributed by atoms with Gasteiger partial charge in [0.15, 0.2) is 5.65 Å². The first-order valence-corrected chi connectivity index (χ1v) is 14.1. The van der Waals surface area contributed by atoms with Gasteiger partial charge in [0.2, 0.25) is 0 Å². The van der Waals surface area contributed by atoms with Crippen LogP contribution < -0.4 is 4.90 Å². The molecular formula is C32H31Cl2N5. The molecule has 6 rings (SSSR count). The highest BCUT2D eigenvalue weighted by Crippen LogP contribution is 2.34. The van der Waals surface area contributed by atoms with Gasteiger partial charge in [-0.1, -0.05) is 89.9 Å². The van der Waals surface area contributed by atoms with Gasteiger partial charge in [0, 0.05) is 56.0 Å². The highest BCUT2D eigenvalue weighted by atomic mass is 35.5. The van der Waals surface area contributed by atoms with Crippen LogP contribution in [0.5, 0.6) is 0 Å². The van der Waals surface area contributed by atoms with E-state index >= 15 is 0 Å². The Morgan fingerprint density at radius 1 is 0.744 bits per heavy atom. The van der Waals surface area contributed by atoms with Crippen LogP contribution in [0.1, 0.15) is 28.1 Å². The summed E-state index contributed by atoms with van der Waals surface area (Å²) in [5, 5.41) is 6.29. The monoisotopic (exact) mass is 555 g/mol. The molecule has 0 spiro atoms. The number of hydrogen-bond donors (Lipinski definition) is 0. The highest BCUT2D eigenvalue weighted by Gasteiger charge is 2.26. The molecule has 198 valence electrons. The van der Waals surface area contributed by atoms with Crippen LogP contribution in [0.25, 0.3) is 16.8 Å². The Bertz CT molecular complexity index is 1610. The second-order valence-corrected chi connectivity index (χ2v) is 11.0. The molecule has 0 atom stereocenters. The standard InChI is InChI=1S/C32H31Cl2N5/c1-22-27(19-24-9-5-3-6-10-24)32(39-31(35-22)30(23(2)36-39)26-11-7-4-8-12-26)38-17-15-37(16-18-38)21-25-13-14-28(33)29(34)20-25/h3-14,20H,15-19,21H2,1-2H3. The zero-order valence-electron chi connectivity index (χ0n) is 22.2. The molecule has 0 N–H and O–H groups in total.